The number of benzene rings is 1. The highest BCUT2D eigenvalue weighted by Crippen LogP contribution is 2.20. The van der Waals surface area contributed by atoms with Gasteiger partial charge in [0.2, 0.25) is 5.91 Å². The zero-order valence-corrected chi connectivity index (χ0v) is 12.2. The Morgan fingerprint density at radius 1 is 1.33 bits per heavy atom. The van der Waals surface area contributed by atoms with Crippen molar-refractivity contribution in [2.24, 2.45) is 0 Å². The first-order valence-corrected chi connectivity index (χ1v) is 6.99. The van der Waals surface area contributed by atoms with E-state index in [0.29, 0.717) is 25.4 Å². The van der Waals surface area contributed by atoms with E-state index in [4.69, 9.17) is 4.74 Å². The van der Waals surface area contributed by atoms with Gasteiger partial charge in [-0.15, -0.1) is 0 Å². The number of ether oxygens (including phenoxy) is 1. The number of rotatable bonds is 4. The molecule has 0 bridgehead atoms. The van der Waals surface area contributed by atoms with Crippen LogP contribution in [0.4, 0.5) is 10.1 Å². The van der Waals surface area contributed by atoms with Gasteiger partial charge in [0.15, 0.2) is 0 Å². The second-order valence-electron chi connectivity index (χ2n) is 4.92. The van der Waals surface area contributed by atoms with Crippen LogP contribution in [-0.4, -0.2) is 49.1 Å². The maximum Gasteiger partial charge on any atom is 0.320 e. The van der Waals surface area contributed by atoms with Gasteiger partial charge in [0.05, 0.1) is 19.2 Å². The molecule has 0 aliphatic carbocycles. The van der Waals surface area contributed by atoms with Gasteiger partial charge in [-0.1, -0.05) is 0 Å². The van der Waals surface area contributed by atoms with Crippen LogP contribution in [0.25, 0.3) is 0 Å². The molecule has 2 rings (SSSR count). The van der Waals surface area contributed by atoms with Crippen LogP contribution in [0, 0.1) is 5.82 Å². The van der Waals surface area contributed by atoms with E-state index in [2.05, 4.69) is 0 Å². The molecule has 1 aromatic rings. The highest BCUT2D eigenvalue weighted by molar-refractivity contribution is 5.98. The van der Waals surface area contributed by atoms with Crippen LogP contribution in [0.5, 0.6) is 0 Å². The third kappa shape index (κ3) is 3.58. The van der Waals surface area contributed by atoms with Gasteiger partial charge in [-0.05, 0) is 38.1 Å². The summed E-state index contributed by atoms with van der Waals surface area (Å²) in [7, 11) is 0. The minimum atomic E-state index is -0.409. The van der Waals surface area contributed by atoms with Crippen LogP contribution in [0.1, 0.15) is 13.8 Å². The molecule has 114 valence electrons. The van der Waals surface area contributed by atoms with Gasteiger partial charge in [-0.2, -0.15) is 0 Å². The molecular weight excluding hydrogens is 275 g/mol. The molecule has 1 amide bonds. The zero-order valence-electron chi connectivity index (χ0n) is 12.2. The quantitative estimate of drug-likeness (QED) is 0.788. The van der Waals surface area contributed by atoms with Crippen molar-refractivity contribution in [3.05, 3.63) is 30.1 Å². The van der Waals surface area contributed by atoms with Crippen molar-refractivity contribution >= 4 is 17.6 Å². The Morgan fingerprint density at radius 2 is 2.00 bits per heavy atom. The fourth-order valence-corrected chi connectivity index (χ4v) is 2.38. The van der Waals surface area contributed by atoms with Crippen LogP contribution in [0.3, 0.4) is 0 Å². The van der Waals surface area contributed by atoms with E-state index >= 15 is 0 Å². The molecule has 1 atom stereocenters. The Kier molecular flexibility index (Phi) is 4.90. The Balaban J connectivity index is 2.04. The SMILES string of the molecule is CCOC(=O)CN1CCN(c2ccc(F)cc2)C(=O)C1C. The molecule has 1 unspecified atom stereocenters. The highest BCUT2D eigenvalue weighted by Gasteiger charge is 2.33. The second-order valence-corrected chi connectivity index (χ2v) is 4.92. The lowest BCUT2D eigenvalue weighted by Crippen LogP contribution is -2.57. The number of carbonyl (C=O) groups excluding carboxylic acids is 2. The molecule has 6 heteroatoms. The zero-order chi connectivity index (χ0) is 15.4. The van der Waals surface area contributed by atoms with E-state index in [0.717, 1.165) is 0 Å². The van der Waals surface area contributed by atoms with Gasteiger partial charge in [-0.3, -0.25) is 14.5 Å². The third-order valence-corrected chi connectivity index (χ3v) is 3.56. The van der Waals surface area contributed by atoms with Crippen molar-refractivity contribution in [2.75, 3.05) is 31.1 Å². The number of halogens is 1. The normalized spacial score (nSPS) is 19.7. The van der Waals surface area contributed by atoms with Crippen molar-refractivity contribution in [3.8, 4) is 0 Å². The second kappa shape index (κ2) is 6.67. The van der Waals surface area contributed by atoms with Crippen LogP contribution < -0.4 is 4.90 Å². The lowest BCUT2D eigenvalue weighted by Gasteiger charge is -2.38. The summed E-state index contributed by atoms with van der Waals surface area (Å²) in [5.41, 5.74) is 0.670. The maximum atomic E-state index is 12.9. The van der Waals surface area contributed by atoms with E-state index in [1.54, 1.807) is 35.8 Å². The van der Waals surface area contributed by atoms with Crippen molar-refractivity contribution in [2.45, 2.75) is 19.9 Å². The number of carbonyl (C=O) groups is 2. The summed E-state index contributed by atoms with van der Waals surface area (Å²) in [5, 5.41) is 0. The molecule has 1 heterocycles. The molecule has 0 aromatic heterocycles. The van der Waals surface area contributed by atoms with Crippen molar-refractivity contribution in [1.29, 1.82) is 0 Å². The molecule has 1 aromatic carbocycles. The summed E-state index contributed by atoms with van der Waals surface area (Å²) >= 11 is 0. The molecule has 0 N–H and O–H groups in total. The highest BCUT2D eigenvalue weighted by atomic mass is 19.1. The monoisotopic (exact) mass is 294 g/mol. The molecule has 5 nitrogen and oxygen atoms in total. The smallest absolute Gasteiger partial charge is 0.320 e. The molecule has 0 saturated carbocycles. The van der Waals surface area contributed by atoms with E-state index in [-0.39, 0.29) is 24.2 Å². The Hall–Kier alpha value is -1.95. The Bertz CT molecular complexity index is 518. The minimum absolute atomic E-state index is 0.0999. The predicted octanol–water partition coefficient (Wildman–Crippen LogP) is 1.43. The number of hydrogen-bond donors (Lipinski definition) is 0. The molecule has 0 spiro atoms. The van der Waals surface area contributed by atoms with Gasteiger partial charge >= 0.3 is 5.97 Å². The number of anilines is 1. The number of esters is 1. The van der Waals surface area contributed by atoms with Crippen LogP contribution in [0.2, 0.25) is 0 Å². The van der Waals surface area contributed by atoms with Crippen LogP contribution >= 0.6 is 0 Å². The summed E-state index contributed by atoms with van der Waals surface area (Å²) < 4.78 is 17.8. The minimum Gasteiger partial charge on any atom is -0.465 e. The number of hydrogen-bond acceptors (Lipinski definition) is 4. The molecular formula is C15H19FN2O3. The fourth-order valence-electron chi connectivity index (χ4n) is 2.38. The summed E-state index contributed by atoms with van der Waals surface area (Å²) in [6, 6.07) is 5.42. The van der Waals surface area contributed by atoms with Crippen molar-refractivity contribution in [1.82, 2.24) is 4.90 Å². The van der Waals surface area contributed by atoms with Gasteiger partial charge in [0, 0.05) is 18.8 Å². The van der Waals surface area contributed by atoms with Gasteiger partial charge in [0.25, 0.3) is 0 Å². The molecule has 1 aliphatic rings. The Labute approximate surface area is 123 Å². The first-order chi connectivity index (χ1) is 10.0. The van der Waals surface area contributed by atoms with E-state index in [1.165, 1.54) is 12.1 Å². The van der Waals surface area contributed by atoms with Gasteiger partial charge < -0.3 is 9.64 Å². The first-order valence-electron chi connectivity index (χ1n) is 6.99. The van der Waals surface area contributed by atoms with Crippen molar-refractivity contribution < 1.29 is 18.7 Å². The summed E-state index contributed by atoms with van der Waals surface area (Å²) in [4.78, 5) is 27.3. The lowest BCUT2D eigenvalue weighted by molar-refractivity contribution is -0.145. The maximum absolute atomic E-state index is 12.9. The fraction of sp³-hybridized carbons (Fsp3) is 0.467. The standard InChI is InChI=1S/C15H19FN2O3/c1-3-21-14(19)10-17-8-9-18(15(20)11(17)2)13-6-4-12(16)5-7-13/h4-7,11H,3,8-10H2,1-2H3. The van der Waals surface area contributed by atoms with Crippen molar-refractivity contribution in [3.63, 3.8) is 0 Å². The van der Waals surface area contributed by atoms with Crippen LogP contribution in [-0.2, 0) is 14.3 Å². The van der Waals surface area contributed by atoms with Gasteiger partial charge in [0.1, 0.15) is 5.82 Å². The van der Waals surface area contributed by atoms with Crippen LogP contribution in [0.15, 0.2) is 24.3 Å². The van der Waals surface area contributed by atoms with Gasteiger partial charge in [-0.25, -0.2) is 4.39 Å². The van der Waals surface area contributed by atoms with E-state index in [9.17, 15) is 14.0 Å². The number of piperazine rings is 1. The average molecular weight is 294 g/mol. The first kappa shape index (κ1) is 15.4. The molecule has 0 radical (unpaired) electrons. The lowest BCUT2D eigenvalue weighted by atomic mass is 10.1. The molecule has 1 fully saturated rings. The van der Waals surface area contributed by atoms with E-state index < -0.39 is 6.04 Å². The topological polar surface area (TPSA) is 49.9 Å². The van der Waals surface area contributed by atoms with E-state index in [1.807, 2.05) is 0 Å². The number of amides is 1. The Morgan fingerprint density at radius 3 is 2.62 bits per heavy atom. The average Bonchev–Trinajstić information content (AvgIpc) is 2.46. The number of nitrogens with zero attached hydrogens (tertiary/aromatic N) is 2. The molecule has 1 saturated heterocycles. The largest absolute Gasteiger partial charge is 0.465 e. The molecule has 21 heavy (non-hydrogen) atoms. The third-order valence-electron chi connectivity index (χ3n) is 3.56. The molecule has 1 aliphatic heterocycles. The summed E-state index contributed by atoms with van der Waals surface area (Å²) in [6.07, 6.45) is 0. The predicted molar refractivity (Wildman–Crippen MR) is 76.4 cm³/mol. The summed E-state index contributed by atoms with van der Waals surface area (Å²) in [5.74, 6) is -0.760. The summed E-state index contributed by atoms with van der Waals surface area (Å²) in [6.45, 7) is 4.99.